The predicted octanol–water partition coefficient (Wildman–Crippen LogP) is 1.19. The first kappa shape index (κ1) is 12.5. The first-order valence-corrected chi connectivity index (χ1v) is 5.95. The van der Waals surface area contributed by atoms with Gasteiger partial charge in [-0.05, 0) is 13.0 Å². The van der Waals surface area contributed by atoms with E-state index in [1.807, 2.05) is 0 Å². The van der Waals surface area contributed by atoms with Gasteiger partial charge in [0, 0.05) is 26.2 Å². The molecule has 1 fully saturated rings. The second kappa shape index (κ2) is 5.57. The Morgan fingerprint density at radius 3 is 2.50 bits per heavy atom. The number of hydrogen-bond donors (Lipinski definition) is 0. The van der Waals surface area contributed by atoms with Crippen molar-refractivity contribution in [3.63, 3.8) is 0 Å². The van der Waals surface area contributed by atoms with E-state index in [1.54, 1.807) is 22.8 Å². The summed E-state index contributed by atoms with van der Waals surface area (Å²) in [6.45, 7) is 4.18. The van der Waals surface area contributed by atoms with Gasteiger partial charge in [0.15, 0.2) is 0 Å². The molecule has 0 radical (unpaired) electrons. The topological polar surface area (TPSA) is 63.0 Å². The van der Waals surface area contributed by atoms with Crippen molar-refractivity contribution >= 4 is 12.0 Å². The minimum absolute atomic E-state index is 0.0627. The van der Waals surface area contributed by atoms with Crippen LogP contribution in [0, 0.1) is 0 Å². The molecular formula is C12H16N2O4. The summed E-state index contributed by atoms with van der Waals surface area (Å²) >= 11 is 0. The van der Waals surface area contributed by atoms with Crippen LogP contribution in [0.25, 0.3) is 0 Å². The van der Waals surface area contributed by atoms with Crippen LogP contribution in [0.4, 0.5) is 4.79 Å². The van der Waals surface area contributed by atoms with Crippen molar-refractivity contribution in [1.82, 2.24) is 9.80 Å². The molecule has 1 aromatic heterocycles. The van der Waals surface area contributed by atoms with Gasteiger partial charge in [0.1, 0.15) is 6.26 Å². The summed E-state index contributed by atoms with van der Waals surface area (Å²) in [7, 11) is 0. The lowest BCUT2D eigenvalue weighted by atomic mass is 10.2. The highest BCUT2D eigenvalue weighted by molar-refractivity contribution is 5.94. The quantitative estimate of drug-likeness (QED) is 0.793. The fourth-order valence-corrected chi connectivity index (χ4v) is 1.88. The number of carbonyl (C=O) groups is 2. The molecule has 2 heterocycles. The van der Waals surface area contributed by atoms with Crippen LogP contribution in [0.15, 0.2) is 23.0 Å². The van der Waals surface area contributed by atoms with Gasteiger partial charge in [-0.15, -0.1) is 0 Å². The molecule has 0 bridgehead atoms. The highest BCUT2D eigenvalue weighted by Gasteiger charge is 2.25. The zero-order valence-corrected chi connectivity index (χ0v) is 10.3. The Morgan fingerprint density at radius 2 is 1.94 bits per heavy atom. The second-order valence-corrected chi connectivity index (χ2v) is 3.99. The van der Waals surface area contributed by atoms with E-state index < -0.39 is 0 Å². The molecule has 1 aromatic rings. The highest BCUT2D eigenvalue weighted by Crippen LogP contribution is 2.09. The summed E-state index contributed by atoms with van der Waals surface area (Å²) < 4.78 is 9.80. The van der Waals surface area contributed by atoms with Crippen LogP contribution in [0.3, 0.4) is 0 Å². The van der Waals surface area contributed by atoms with E-state index in [4.69, 9.17) is 9.15 Å². The van der Waals surface area contributed by atoms with Gasteiger partial charge in [0.2, 0.25) is 0 Å². The van der Waals surface area contributed by atoms with E-state index in [9.17, 15) is 9.59 Å². The maximum absolute atomic E-state index is 12.0. The van der Waals surface area contributed by atoms with Crippen LogP contribution < -0.4 is 0 Å². The Labute approximate surface area is 105 Å². The third kappa shape index (κ3) is 2.64. The first-order chi connectivity index (χ1) is 8.72. The normalized spacial score (nSPS) is 15.6. The third-order valence-corrected chi connectivity index (χ3v) is 2.86. The summed E-state index contributed by atoms with van der Waals surface area (Å²) in [4.78, 5) is 26.8. The highest BCUT2D eigenvalue weighted by atomic mass is 16.6. The lowest BCUT2D eigenvalue weighted by molar-refractivity contribution is 0.0570. The van der Waals surface area contributed by atoms with Gasteiger partial charge in [0.05, 0.1) is 18.4 Å². The van der Waals surface area contributed by atoms with Gasteiger partial charge in [-0.25, -0.2) is 4.79 Å². The average Bonchev–Trinajstić information content (AvgIpc) is 2.92. The van der Waals surface area contributed by atoms with Crippen molar-refractivity contribution in [1.29, 1.82) is 0 Å². The van der Waals surface area contributed by atoms with Crippen molar-refractivity contribution < 1.29 is 18.7 Å². The third-order valence-electron chi connectivity index (χ3n) is 2.86. The standard InChI is InChI=1S/C12H16N2O4/c1-2-18-12(16)14-6-4-13(5-7-14)11(15)10-3-8-17-9-10/h3,8-9H,2,4-7H2,1H3. The lowest BCUT2D eigenvalue weighted by Gasteiger charge is -2.33. The van der Waals surface area contributed by atoms with Gasteiger partial charge in [-0.1, -0.05) is 0 Å². The van der Waals surface area contributed by atoms with E-state index in [0.717, 1.165) is 0 Å². The predicted molar refractivity (Wildman–Crippen MR) is 63.2 cm³/mol. The molecule has 18 heavy (non-hydrogen) atoms. The molecule has 98 valence electrons. The summed E-state index contributed by atoms with van der Waals surface area (Å²) in [5, 5.41) is 0. The van der Waals surface area contributed by atoms with Crippen molar-refractivity contribution in [3.8, 4) is 0 Å². The number of rotatable bonds is 2. The lowest BCUT2D eigenvalue weighted by Crippen LogP contribution is -2.50. The van der Waals surface area contributed by atoms with Gasteiger partial charge < -0.3 is 19.0 Å². The summed E-state index contributed by atoms with van der Waals surface area (Å²) in [6, 6.07) is 1.64. The van der Waals surface area contributed by atoms with Gasteiger partial charge >= 0.3 is 6.09 Å². The Balaban J connectivity index is 1.87. The van der Waals surface area contributed by atoms with Crippen molar-refractivity contribution in [3.05, 3.63) is 24.2 Å². The number of piperazine rings is 1. The molecule has 2 rings (SSSR count). The average molecular weight is 252 g/mol. The summed E-state index contributed by atoms with van der Waals surface area (Å²) in [5.41, 5.74) is 0.541. The number of hydrogen-bond acceptors (Lipinski definition) is 4. The van der Waals surface area contributed by atoms with Crippen LogP contribution in [-0.4, -0.2) is 54.6 Å². The molecular weight excluding hydrogens is 236 g/mol. The number of carbonyl (C=O) groups excluding carboxylic acids is 2. The van der Waals surface area contributed by atoms with Crippen LogP contribution in [0.2, 0.25) is 0 Å². The van der Waals surface area contributed by atoms with Gasteiger partial charge in [-0.2, -0.15) is 0 Å². The van der Waals surface area contributed by atoms with E-state index in [1.165, 1.54) is 12.5 Å². The maximum Gasteiger partial charge on any atom is 0.409 e. The molecule has 1 aliphatic heterocycles. The smallest absolute Gasteiger partial charge is 0.409 e. The maximum atomic E-state index is 12.0. The molecule has 0 unspecified atom stereocenters. The van der Waals surface area contributed by atoms with Crippen molar-refractivity contribution in [2.75, 3.05) is 32.8 Å². The molecule has 6 heteroatoms. The zero-order chi connectivity index (χ0) is 13.0. The van der Waals surface area contributed by atoms with E-state index in [0.29, 0.717) is 38.3 Å². The first-order valence-electron chi connectivity index (χ1n) is 5.95. The molecule has 0 saturated carbocycles. The number of ether oxygens (including phenoxy) is 1. The number of nitrogens with zero attached hydrogens (tertiary/aromatic N) is 2. The van der Waals surface area contributed by atoms with Crippen molar-refractivity contribution in [2.24, 2.45) is 0 Å². The molecule has 0 aliphatic carbocycles. The molecule has 0 atom stereocenters. The molecule has 2 amide bonds. The van der Waals surface area contributed by atoms with Crippen molar-refractivity contribution in [2.45, 2.75) is 6.92 Å². The zero-order valence-electron chi connectivity index (χ0n) is 10.3. The number of furan rings is 1. The molecule has 0 N–H and O–H groups in total. The SMILES string of the molecule is CCOC(=O)N1CCN(C(=O)c2ccoc2)CC1. The van der Waals surface area contributed by atoms with Crippen LogP contribution >= 0.6 is 0 Å². The summed E-state index contributed by atoms with van der Waals surface area (Å²) in [6.07, 6.45) is 2.59. The van der Waals surface area contributed by atoms with Gasteiger partial charge in [-0.3, -0.25) is 4.79 Å². The largest absolute Gasteiger partial charge is 0.472 e. The number of amides is 2. The van der Waals surface area contributed by atoms with E-state index >= 15 is 0 Å². The Bertz CT molecular complexity index is 408. The molecule has 6 nitrogen and oxygen atoms in total. The van der Waals surface area contributed by atoms with Crippen LogP contribution in [-0.2, 0) is 4.74 Å². The molecule has 1 saturated heterocycles. The van der Waals surface area contributed by atoms with E-state index in [2.05, 4.69) is 0 Å². The Morgan fingerprint density at radius 1 is 1.28 bits per heavy atom. The molecule has 1 aliphatic rings. The Hall–Kier alpha value is -1.98. The summed E-state index contributed by atoms with van der Waals surface area (Å²) in [5.74, 6) is -0.0627. The van der Waals surface area contributed by atoms with Crippen LogP contribution in [0.1, 0.15) is 17.3 Å². The second-order valence-electron chi connectivity index (χ2n) is 3.99. The fraction of sp³-hybridized carbons (Fsp3) is 0.500. The van der Waals surface area contributed by atoms with Crippen LogP contribution in [0.5, 0.6) is 0 Å². The molecule has 0 spiro atoms. The molecule has 0 aromatic carbocycles. The van der Waals surface area contributed by atoms with E-state index in [-0.39, 0.29) is 12.0 Å². The monoisotopic (exact) mass is 252 g/mol. The van der Waals surface area contributed by atoms with Gasteiger partial charge in [0.25, 0.3) is 5.91 Å². The minimum atomic E-state index is -0.312. The fourth-order valence-electron chi connectivity index (χ4n) is 1.88. The minimum Gasteiger partial charge on any atom is -0.472 e. The Kier molecular flexibility index (Phi) is 3.86.